The van der Waals surface area contributed by atoms with E-state index < -0.39 is 0 Å². The fourth-order valence-corrected chi connectivity index (χ4v) is 4.40. The number of hydrogen-bond acceptors (Lipinski definition) is 1. The van der Waals surface area contributed by atoms with E-state index in [0.717, 1.165) is 0 Å². The van der Waals surface area contributed by atoms with E-state index in [1.54, 1.807) is 0 Å². The van der Waals surface area contributed by atoms with Gasteiger partial charge in [0.15, 0.2) is 0 Å². The van der Waals surface area contributed by atoms with E-state index in [2.05, 4.69) is 55.5 Å². The highest BCUT2D eigenvalue weighted by Gasteiger charge is 2.12. The van der Waals surface area contributed by atoms with Gasteiger partial charge in [0.2, 0.25) is 0 Å². The second-order valence-electron chi connectivity index (χ2n) is 5.20. The van der Waals surface area contributed by atoms with Gasteiger partial charge >= 0.3 is 0 Å². The number of halogens is 1. The van der Waals surface area contributed by atoms with E-state index >= 15 is 0 Å². The topological polar surface area (TPSA) is 0 Å². The van der Waals surface area contributed by atoms with Crippen LogP contribution in [0.1, 0.15) is 11.1 Å². The summed E-state index contributed by atoms with van der Waals surface area (Å²) in [5, 5.41) is 5.28. The van der Waals surface area contributed by atoms with Crippen molar-refractivity contribution < 1.29 is 0 Å². The molecule has 0 amide bonds. The largest absolute Gasteiger partial charge is 0.135 e. The molecule has 4 aromatic rings. The van der Waals surface area contributed by atoms with Crippen molar-refractivity contribution in [3.63, 3.8) is 0 Å². The Labute approximate surface area is 126 Å². The Morgan fingerprint density at radius 1 is 1.00 bits per heavy atom. The van der Waals surface area contributed by atoms with Crippen molar-refractivity contribution in [1.82, 2.24) is 0 Å². The predicted molar refractivity (Wildman–Crippen MR) is 91.1 cm³/mol. The number of hydrogen-bond donors (Lipinski definition) is 0. The van der Waals surface area contributed by atoms with Gasteiger partial charge in [-0.3, -0.25) is 0 Å². The molecule has 0 nitrogen and oxygen atoms in total. The van der Waals surface area contributed by atoms with Crippen molar-refractivity contribution in [2.45, 2.75) is 12.8 Å². The average molecular weight is 297 g/mol. The maximum atomic E-state index is 6.20. The molecule has 4 rings (SSSR count). The van der Waals surface area contributed by atoms with Crippen LogP contribution >= 0.6 is 22.9 Å². The molecule has 1 heterocycles. The third kappa shape index (κ3) is 1.67. The summed E-state index contributed by atoms with van der Waals surface area (Å²) in [6.45, 7) is 2.15. The summed E-state index contributed by atoms with van der Waals surface area (Å²) < 4.78 is 2.70. The van der Waals surface area contributed by atoms with E-state index in [9.17, 15) is 0 Å². The number of fused-ring (bicyclic) bond motifs is 5. The van der Waals surface area contributed by atoms with E-state index in [-0.39, 0.29) is 0 Å². The van der Waals surface area contributed by atoms with Crippen LogP contribution in [0.15, 0.2) is 48.5 Å². The molecular weight excluding hydrogens is 284 g/mol. The Morgan fingerprint density at radius 3 is 2.70 bits per heavy atom. The molecule has 0 bridgehead atoms. The van der Waals surface area contributed by atoms with E-state index in [1.165, 1.54) is 42.1 Å². The smallest absolute Gasteiger partial charge is 0.0480 e. The highest BCUT2D eigenvalue weighted by Crippen LogP contribution is 2.41. The average Bonchev–Trinajstić information content (AvgIpc) is 2.86. The van der Waals surface area contributed by atoms with Gasteiger partial charge in [-0.05, 0) is 41.5 Å². The Balaban J connectivity index is 2.32. The van der Waals surface area contributed by atoms with Crippen LogP contribution in [0.25, 0.3) is 30.9 Å². The van der Waals surface area contributed by atoms with Crippen LogP contribution in [0.3, 0.4) is 0 Å². The molecule has 0 aliphatic rings. The number of benzene rings is 3. The van der Waals surface area contributed by atoms with Gasteiger partial charge in [0.1, 0.15) is 0 Å². The second kappa shape index (κ2) is 4.47. The maximum absolute atomic E-state index is 6.20. The third-order valence-corrected chi connectivity index (χ3v) is 5.34. The molecule has 0 radical (unpaired) electrons. The van der Waals surface area contributed by atoms with Crippen molar-refractivity contribution in [2.24, 2.45) is 0 Å². The summed E-state index contributed by atoms with van der Waals surface area (Å²) in [5.41, 5.74) is 2.53. The van der Waals surface area contributed by atoms with Crippen LogP contribution in [0.2, 0.25) is 0 Å². The standard InChI is InChI=1S/C18H13ClS/c1-11-6-7-12-9-13(10-19)17-14-4-2-3-5-16(14)20-18(17)15(12)8-11/h2-9H,10H2,1H3. The monoisotopic (exact) mass is 296 g/mol. The Morgan fingerprint density at radius 2 is 1.85 bits per heavy atom. The van der Waals surface area contributed by atoms with Crippen molar-refractivity contribution in [1.29, 1.82) is 0 Å². The molecule has 0 N–H and O–H groups in total. The lowest BCUT2D eigenvalue weighted by Crippen LogP contribution is -1.83. The summed E-state index contributed by atoms with van der Waals surface area (Å²) >= 11 is 8.07. The fraction of sp³-hybridized carbons (Fsp3) is 0.111. The highest BCUT2D eigenvalue weighted by molar-refractivity contribution is 7.26. The summed E-state index contributed by atoms with van der Waals surface area (Å²) in [5.74, 6) is 0.557. The third-order valence-electron chi connectivity index (χ3n) is 3.84. The normalized spacial score (nSPS) is 11.7. The van der Waals surface area contributed by atoms with Crippen LogP contribution < -0.4 is 0 Å². The minimum absolute atomic E-state index is 0.557. The first-order valence-corrected chi connectivity index (χ1v) is 8.02. The lowest BCUT2D eigenvalue weighted by atomic mass is 10.00. The molecule has 0 aliphatic heterocycles. The van der Waals surface area contributed by atoms with Crippen molar-refractivity contribution in [3.8, 4) is 0 Å². The van der Waals surface area contributed by atoms with Gasteiger partial charge in [-0.25, -0.2) is 0 Å². The molecule has 0 fully saturated rings. The zero-order valence-electron chi connectivity index (χ0n) is 11.1. The minimum atomic E-state index is 0.557. The van der Waals surface area contributed by atoms with E-state index in [0.29, 0.717) is 5.88 Å². The summed E-state index contributed by atoms with van der Waals surface area (Å²) in [4.78, 5) is 0. The number of thiophene rings is 1. The zero-order valence-corrected chi connectivity index (χ0v) is 12.7. The molecule has 0 saturated heterocycles. The molecule has 98 valence electrons. The van der Waals surface area contributed by atoms with E-state index in [4.69, 9.17) is 11.6 Å². The zero-order chi connectivity index (χ0) is 13.7. The summed E-state index contributed by atoms with van der Waals surface area (Å²) in [7, 11) is 0. The van der Waals surface area contributed by atoms with Gasteiger partial charge in [0, 0.05) is 26.1 Å². The van der Waals surface area contributed by atoms with Crippen LogP contribution in [0, 0.1) is 6.92 Å². The quantitative estimate of drug-likeness (QED) is 0.364. The Bertz CT molecular complexity index is 950. The molecular formula is C18H13ClS. The van der Waals surface area contributed by atoms with Crippen molar-refractivity contribution in [3.05, 3.63) is 59.7 Å². The summed E-state index contributed by atoms with van der Waals surface area (Å²) in [6, 6.07) is 17.5. The molecule has 0 aliphatic carbocycles. The number of rotatable bonds is 1. The van der Waals surface area contributed by atoms with Crippen LogP contribution in [0.5, 0.6) is 0 Å². The molecule has 1 aromatic heterocycles. The number of alkyl halides is 1. The highest BCUT2D eigenvalue weighted by atomic mass is 35.5. The van der Waals surface area contributed by atoms with E-state index in [1.807, 2.05) is 11.3 Å². The van der Waals surface area contributed by atoms with Crippen LogP contribution in [-0.2, 0) is 5.88 Å². The Hall–Kier alpha value is -1.57. The lowest BCUT2D eigenvalue weighted by molar-refractivity contribution is 1.47. The summed E-state index contributed by atoms with van der Waals surface area (Å²) in [6.07, 6.45) is 0. The van der Waals surface area contributed by atoms with Gasteiger partial charge in [0.25, 0.3) is 0 Å². The second-order valence-corrected chi connectivity index (χ2v) is 6.52. The minimum Gasteiger partial charge on any atom is -0.135 e. The number of aryl methyl sites for hydroxylation is 1. The molecule has 0 atom stereocenters. The predicted octanol–water partition coefficient (Wildman–Crippen LogP) is 6.25. The molecule has 3 aromatic carbocycles. The SMILES string of the molecule is Cc1ccc2cc(CCl)c3c4ccccc4sc3c2c1. The first kappa shape index (κ1) is 12.2. The molecule has 2 heteroatoms. The lowest BCUT2D eigenvalue weighted by Gasteiger charge is -2.06. The molecule has 20 heavy (non-hydrogen) atoms. The fourth-order valence-electron chi connectivity index (χ4n) is 2.91. The molecule has 0 spiro atoms. The van der Waals surface area contributed by atoms with Crippen molar-refractivity contribution >= 4 is 53.9 Å². The van der Waals surface area contributed by atoms with Crippen molar-refractivity contribution in [2.75, 3.05) is 0 Å². The van der Waals surface area contributed by atoms with Crippen LogP contribution in [0.4, 0.5) is 0 Å². The van der Waals surface area contributed by atoms with Gasteiger partial charge in [-0.2, -0.15) is 0 Å². The first-order valence-electron chi connectivity index (χ1n) is 6.67. The van der Waals surface area contributed by atoms with Gasteiger partial charge in [-0.15, -0.1) is 22.9 Å². The molecule has 0 saturated carbocycles. The maximum Gasteiger partial charge on any atom is 0.0480 e. The van der Waals surface area contributed by atoms with Gasteiger partial charge in [0.05, 0.1) is 0 Å². The first-order chi connectivity index (χ1) is 9.78. The van der Waals surface area contributed by atoms with Gasteiger partial charge < -0.3 is 0 Å². The van der Waals surface area contributed by atoms with Gasteiger partial charge in [-0.1, -0.05) is 35.9 Å². The Kier molecular flexibility index (Phi) is 2.73. The molecule has 0 unspecified atom stereocenters. The van der Waals surface area contributed by atoms with Crippen LogP contribution in [-0.4, -0.2) is 0 Å².